The normalized spacial score (nSPS) is 13.0. The molecular formula is C13H20N2O3S. The summed E-state index contributed by atoms with van der Waals surface area (Å²) in [6, 6.07) is 4.77. The van der Waals surface area contributed by atoms with Crippen molar-refractivity contribution in [2.45, 2.75) is 37.3 Å². The van der Waals surface area contributed by atoms with Gasteiger partial charge in [0.15, 0.2) is 9.84 Å². The molecule has 3 N–H and O–H groups in total. The number of anilines is 1. The second kappa shape index (κ2) is 6.06. The molecule has 0 aliphatic heterocycles. The molecule has 1 unspecified atom stereocenters. The summed E-state index contributed by atoms with van der Waals surface area (Å²) >= 11 is 0. The number of nitrogens with one attached hydrogen (secondary N) is 1. The largest absolute Gasteiger partial charge is 0.398 e. The van der Waals surface area contributed by atoms with Gasteiger partial charge in [-0.1, -0.05) is 13.0 Å². The molecule has 0 aromatic heterocycles. The fraction of sp³-hybridized carbons (Fsp3) is 0.462. The average Bonchev–Trinajstić information content (AvgIpc) is 2.37. The minimum Gasteiger partial charge on any atom is -0.398 e. The number of rotatable bonds is 5. The number of aryl methyl sites for hydroxylation is 1. The van der Waals surface area contributed by atoms with Gasteiger partial charge in [-0.2, -0.15) is 0 Å². The summed E-state index contributed by atoms with van der Waals surface area (Å²) in [6.45, 7) is 5.52. The van der Waals surface area contributed by atoms with E-state index in [0.717, 1.165) is 12.0 Å². The minimum atomic E-state index is -3.76. The first-order valence-electron chi connectivity index (χ1n) is 6.18. The molecule has 106 valence electrons. The number of hydrogen-bond donors (Lipinski definition) is 2. The van der Waals surface area contributed by atoms with Crippen LogP contribution in [0.25, 0.3) is 0 Å². The van der Waals surface area contributed by atoms with E-state index in [2.05, 4.69) is 5.32 Å². The van der Waals surface area contributed by atoms with E-state index >= 15 is 0 Å². The molecule has 1 amide bonds. The number of carbonyl (C=O) groups excluding carboxylic acids is 1. The van der Waals surface area contributed by atoms with Crippen LogP contribution in [0.5, 0.6) is 0 Å². The van der Waals surface area contributed by atoms with E-state index in [9.17, 15) is 13.2 Å². The maximum atomic E-state index is 12.4. The number of nitrogens with two attached hydrogens (primary N) is 1. The third kappa shape index (κ3) is 3.47. The van der Waals surface area contributed by atoms with Crippen molar-refractivity contribution in [2.75, 3.05) is 12.3 Å². The van der Waals surface area contributed by atoms with Crippen LogP contribution in [0, 0.1) is 6.92 Å². The Labute approximate surface area is 114 Å². The van der Waals surface area contributed by atoms with Crippen molar-refractivity contribution in [3.63, 3.8) is 0 Å². The summed E-state index contributed by atoms with van der Waals surface area (Å²) in [5.74, 6) is -0.497. The molecule has 0 spiro atoms. The fourth-order valence-corrected chi connectivity index (χ4v) is 3.10. The molecule has 1 aromatic carbocycles. The van der Waals surface area contributed by atoms with Crippen LogP contribution < -0.4 is 11.1 Å². The van der Waals surface area contributed by atoms with Crippen LogP contribution in [0.3, 0.4) is 0 Å². The van der Waals surface area contributed by atoms with Gasteiger partial charge < -0.3 is 11.1 Å². The summed E-state index contributed by atoms with van der Waals surface area (Å²) in [4.78, 5) is 11.8. The lowest BCUT2D eigenvalue weighted by atomic mass is 10.2. The van der Waals surface area contributed by atoms with Gasteiger partial charge >= 0.3 is 0 Å². The highest BCUT2D eigenvalue weighted by atomic mass is 32.2. The van der Waals surface area contributed by atoms with E-state index in [-0.39, 0.29) is 10.6 Å². The summed E-state index contributed by atoms with van der Waals surface area (Å²) in [5.41, 5.74) is 6.66. The van der Waals surface area contributed by atoms with E-state index in [4.69, 9.17) is 5.73 Å². The minimum absolute atomic E-state index is 0.0200. The first-order chi connectivity index (χ1) is 8.80. The topological polar surface area (TPSA) is 89.3 Å². The zero-order valence-electron chi connectivity index (χ0n) is 11.4. The van der Waals surface area contributed by atoms with Crippen molar-refractivity contribution in [3.05, 3.63) is 23.8 Å². The van der Waals surface area contributed by atoms with Gasteiger partial charge in [0.1, 0.15) is 5.25 Å². The first kappa shape index (κ1) is 15.5. The molecule has 0 saturated heterocycles. The van der Waals surface area contributed by atoms with Gasteiger partial charge in [-0.25, -0.2) is 8.42 Å². The van der Waals surface area contributed by atoms with Crippen molar-refractivity contribution < 1.29 is 13.2 Å². The van der Waals surface area contributed by atoms with Crippen LogP contribution in [-0.4, -0.2) is 26.1 Å². The number of carbonyl (C=O) groups is 1. The van der Waals surface area contributed by atoms with E-state index < -0.39 is 21.0 Å². The molecule has 19 heavy (non-hydrogen) atoms. The van der Waals surface area contributed by atoms with E-state index in [0.29, 0.717) is 6.54 Å². The van der Waals surface area contributed by atoms with Gasteiger partial charge in [-0.15, -0.1) is 0 Å². The lowest BCUT2D eigenvalue weighted by Gasteiger charge is -2.15. The van der Waals surface area contributed by atoms with E-state index in [1.165, 1.54) is 13.0 Å². The van der Waals surface area contributed by atoms with Crippen LogP contribution >= 0.6 is 0 Å². The second-order valence-corrected chi connectivity index (χ2v) is 6.76. The Bertz CT molecular complexity index is 567. The van der Waals surface area contributed by atoms with Gasteiger partial charge in [-0.05, 0) is 38.0 Å². The Balaban J connectivity index is 3.09. The lowest BCUT2D eigenvalue weighted by Crippen LogP contribution is -2.38. The van der Waals surface area contributed by atoms with Gasteiger partial charge in [0.05, 0.1) is 10.6 Å². The second-order valence-electron chi connectivity index (χ2n) is 4.52. The Morgan fingerprint density at radius 2 is 2.05 bits per heavy atom. The summed E-state index contributed by atoms with van der Waals surface area (Å²) < 4.78 is 24.7. The van der Waals surface area contributed by atoms with Crippen LogP contribution in [0.2, 0.25) is 0 Å². The monoisotopic (exact) mass is 284 g/mol. The number of nitrogen functional groups attached to an aromatic ring is 1. The summed E-state index contributed by atoms with van der Waals surface area (Å²) in [6.07, 6.45) is 0.755. The highest BCUT2D eigenvalue weighted by Gasteiger charge is 2.31. The number of sulfone groups is 1. The Hall–Kier alpha value is -1.56. The van der Waals surface area contributed by atoms with Gasteiger partial charge in [0.25, 0.3) is 0 Å². The smallest absolute Gasteiger partial charge is 0.238 e. The van der Waals surface area contributed by atoms with Gasteiger partial charge in [0, 0.05) is 6.54 Å². The molecule has 0 radical (unpaired) electrons. The van der Waals surface area contributed by atoms with Crippen molar-refractivity contribution in [1.29, 1.82) is 0 Å². The maximum absolute atomic E-state index is 12.4. The van der Waals surface area contributed by atoms with Crippen molar-refractivity contribution in [1.82, 2.24) is 5.32 Å². The van der Waals surface area contributed by atoms with Crippen LogP contribution in [0.4, 0.5) is 5.69 Å². The Morgan fingerprint density at radius 1 is 1.42 bits per heavy atom. The standard InChI is InChI=1S/C13H20N2O3S/c1-4-7-15-13(16)10(3)19(17,18)12-8-9(2)5-6-11(12)14/h5-6,8,10H,4,7,14H2,1-3H3,(H,15,16). The average molecular weight is 284 g/mol. The summed E-state index contributed by atoms with van der Waals surface area (Å²) in [7, 11) is -3.76. The molecule has 1 rings (SSSR count). The van der Waals surface area contributed by atoms with Gasteiger partial charge in [-0.3, -0.25) is 4.79 Å². The third-order valence-corrected chi connectivity index (χ3v) is 4.97. The molecule has 1 aromatic rings. The molecular weight excluding hydrogens is 264 g/mol. The predicted octanol–water partition coefficient (Wildman–Crippen LogP) is 1.27. The molecule has 0 bridgehead atoms. The third-order valence-electron chi connectivity index (χ3n) is 2.86. The zero-order valence-corrected chi connectivity index (χ0v) is 12.3. The lowest BCUT2D eigenvalue weighted by molar-refractivity contribution is -0.120. The molecule has 0 aliphatic carbocycles. The Kier molecular flexibility index (Phi) is 4.94. The molecule has 0 fully saturated rings. The van der Waals surface area contributed by atoms with Crippen LogP contribution in [-0.2, 0) is 14.6 Å². The van der Waals surface area contributed by atoms with Gasteiger partial charge in [0.2, 0.25) is 5.91 Å². The van der Waals surface area contributed by atoms with Crippen molar-refractivity contribution in [2.24, 2.45) is 0 Å². The Morgan fingerprint density at radius 3 is 2.63 bits per heavy atom. The van der Waals surface area contributed by atoms with Crippen molar-refractivity contribution in [3.8, 4) is 0 Å². The molecule has 1 atom stereocenters. The molecule has 5 nitrogen and oxygen atoms in total. The highest BCUT2D eigenvalue weighted by molar-refractivity contribution is 7.93. The molecule has 0 saturated carbocycles. The fourth-order valence-electron chi connectivity index (χ4n) is 1.61. The maximum Gasteiger partial charge on any atom is 0.238 e. The number of hydrogen-bond acceptors (Lipinski definition) is 4. The zero-order chi connectivity index (χ0) is 14.6. The highest BCUT2D eigenvalue weighted by Crippen LogP contribution is 2.24. The van der Waals surface area contributed by atoms with E-state index in [1.807, 2.05) is 6.92 Å². The summed E-state index contributed by atoms with van der Waals surface area (Å²) in [5, 5.41) is 1.43. The number of benzene rings is 1. The van der Waals surface area contributed by atoms with Crippen LogP contribution in [0.1, 0.15) is 25.8 Å². The van der Waals surface area contributed by atoms with Crippen molar-refractivity contribution >= 4 is 21.4 Å². The molecule has 0 aliphatic rings. The van der Waals surface area contributed by atoms with Crippen LogP contribution in [0.15, 0.2) is 23.1 Å². The SMILES string of the molecule is CCCNC(=O)C(C)S(=O)(=O)c1cc(C)ccc1N. The first-order valence-corrected chi connectivity index (χ1v) is 7.73. The molecule has 0 heterocycles. The quantitative estimate of drug-likeness (QED) is 0.797. The molecule has 6 heteroatoms. The predicted molar refractivity (Wildman–Crippen MR) is 75.5 cm³/mol. The number of amides is 1. The van der Waals surface area contributed by atoms with E-state index in [1.54, 1.807) is 19.1 Å².